The number of carbonyl (C=O) groups is 2. The number of carboxylic acids is 1. The molecule has 0 saturated carbocycles. The first-order valence-electron chi connectivity index (χ1n) is 7.39. The van der Waals surface area contributed by atoms with Crippen LogP contribution in [-0.2, 0) is 11.2 Å². The van der Waals surface area contributed by atoms with Gasteiger partial charge in [0, 0.05) is 20.5 Å². The number of nitrogen functional groups attached to an aromatic ring is 1. The molecular weight excluding hydrogens is 326 g/mol. The number of hydrogen-bond donors (Lipinski definition) is 3. The molecule has 0 fully saturated rings. The van der Waals surface area contributed by atoms with Crippen LogP contribution in [0.5, 0.6) is 5.75 Å². The standard InChI is InChI=1S/C16H19N5O4/c1-21(2)16(24)25-11-5-3-10(4-6-11)7-13(15(22)23)20-14-12(17)8-18-9-19-14/h3-6,8-9,13H,7,17H2,1-2H3,(H,22,23)(H,18,19,20)/t13-/m0/s1. The number of carbonyl (C=O) groups excluding carboxylic acids is 1. The van der Waals surface area contributed by atoms with Gasteiger partial charge in [0.2, 0.25) is 0 Å². The molecule has 0 aliphatic heterocycles. The van der Waals surface area contributed by atoms with Crippen molar-refractivity contribution in [3.05, 3.63) is 42.4 Å². The van der Waals surface area contributed by atoms with Crippen molar-refractivity contribution in [1.29, 1.82) is 0 Å². The largest absolute Gasteiger partial charge is 0.480 e. The lowest BCUT2D eigenvalue weighted by molar-refractivity contribution is -0.137. The van der Waals surface area contributed by atoms with Crippen molar-refractivity contribution < 1.29 is 19.4 Å². The third kappa shape index (κ3) is 5.06. The van der Waals surface area contributed by atoms with Gasteiger partial charge in [0.1, 0.15) is 18.1 Å². The summed E-state index contributed by atoms with van der Waals surface area (Å²) in [5, 5.41) is 12.2. The van der Waals surface area contributed by atoms with Gasteiger partial charge in [0.15, 0.2) is 5.82 Å². The Morgan fingerprint density at radius 1 is 1.32 bits per heavy atom. The van der Waals surface area contributed by atoms with Crippen LogP contribution in [0.25, 0.3) is 0 Å². The van der Waals surface area contributed by atoms with E-state index in [1.165, 1.54) is 17.4 Å². The lowest BCUT2D eigenvalue weighted by atomic mass is 10.1. The third-order valence-electron chi connectivity index (χ3n) is 3.28. The van der Waals surface area contributed by atoms with E-state index in [9.17, 15) is 14.7 Å². The molecule has 9 nitrogen and oxygen atoms in total. The molecule has 1 atom stereocenters. The number of aliphatic carboxylic acids is 1. The quantitative estimate of drug-likeness (QED) is 0.712. The van der Waals surface area contributed by atoms with Gasteiger partial charge in [-0.25, -0.2) is 19.6 Å². The fourth-order valence-corrected chi connectivity index (χ4v) is 1.95. The Bertz CT molecular complexity index is 748. The van der Waals surface area contributed by atoms with Crippen LogP contribution in [0, 0.1) is 0 Å². The number of ether oxygens (including phenoxy) is 1. The van der Waals surface area contributed by atoms with Crippen LogP contribution in [0.3, 0.4) is 0 Å². The van der Waals surface area contributed by atoms with E-state index in [4.69, 9.17) is 10.5 Å². The van der Waals surface area contributed by atoms with E-state index in [1.807, 2.05) is 0 Å². The molecule has 0 aliphatic carbocycles. The zero-order valence-electron chi connectivity index (χ0n) is 13.8. The van der Waals surface area contributed by atoms with E-state index in [0.717, 1.165) is 5.56 Å². The third-order valence-corrected chi connectivity index (χ3v) is 3.28. The van der Waals surface area contributed by atoms with Crippen molar-refractivity contribution in [3.63, 3.8) is 0 Å². The molecule has 2 aromatic rings. The summed E-state index contributed by atoms with van der Waals surface area (Å²) >= 11 is 0. The minimum Gasteiger partial charge on any atom is -0.480 e. The normalized spacial score (nSPS) is 11.4. The highest BCUT2D eigenvalue weighted by Gasteiger charge is 2.19. The lowest BCUT2D eigenvalue weighted by Gasteiger charge is -2.16. The zero-order chi connectivity index (χ0) is 18.4. The van der Waals surface area contributed by atoms with Crippen LogP contribution in [0.2, 0.25) is 0 Å². The van der Waals surface area contributed by atoms with Gasteiger partial charge in [-0.3, -0.25) is 0 Å². The molecular formula is C16H19N5O4. The van der Waals surface area contributed by atoms with Gasteiger partial charge < -0.3 is 25.8 Å². The summed E-state index contributed by atoms with van der Waals surface area (Å²) in [4.78, 5) is 32.0. The molecule has 2 rings (SSSR count). The highest BCUT2D eigenvalue weighted by molar-refractivity contribution is 5.79. The number of aromatic nitrogens is 2. The van der Waals surface area contributed by atoms with Gasteiger partial charge in [-0.1, -0.05) is 12.1 Å². The maximum atomic E-state index is 11.5. The zero-order valence-corrected chi connectivity index (χ0v) is 13.8. The van der Waals surface area contributed by atoms with Crippen molar-refractivity contribution >= 4 is 23.6 Å². The number of nitrogens with two attached hydrogens (primary N) is 1. The molecule has 25 heavy (non-hydrogen) atoms. The van der Waals surface area contributed by atoms with Gasteiger partial charge in [0.05, 0.1) is 11.9 Å². The van der Waals surface area contributed by atoms with E-state index >= 15 is 0 Å². The molecule has 0 aliphatic rings. The molecule has 1 aromatic heterocycles. The molecule has 0 spiro atoms. The SMILES string of the molecule is CN(C)C(=O)Oc1ccc(C[C@H](Nc2ncncc2N)C(=O)O)cc1. The molecule has 132 valence electrons. The average Bonchev–Trinajstić information content (AvgIpc) is 2.57. The maximum Gasteiger partial charge on any atom is 0.414 e. The number of benzene rings is 1. The Hall–Kier alpha value is -3.36. The Balaban J connectivity index is 2.06. The average molecular weight is 345 g/mol. The first kappa shape index (κ1) is 18.0. The van der Waals surface area contributed by atoms with E-state index in [0.29, 0.717) is 5.75 Å². The van der Waals surface area contributed by atoms with Gasteiger partial charge in [-0.15, -0.1) is 0 Å². The number of carboxylic acid groups (broad SMARTS) is 1. The van der Waals surface area contributed by atoms with Crippen LogP contribution in [0.4, 0.5) is 16.3 Å². The summed E-state index contributed by atoms with van der Waals surface area (Å²) in [7, 11) is 3.16. The van der Waals surface area contributed by atoms with Gasteiger partial charge in [-0.05, 0) is 17.7 Å². The second kappa shape index (κ2) is 7.95. The molecule has 1 heterocycles. The molecule has 0 bridgehead atoms. The topological polar surface area (TPSA) is 131 Å². The molecule has 1 aromatic carbocycles. The highest BCUT2D eigenvalue weighted by Crippen LogP contribution is 2.17. The van der Waals surface area contributed by atoms with Crippen molar-refractivity contribution in [2.45, 2.75) is 12.5 Å². The van der Waals surface area contributed by atoms with E-state index < -0.39 is 18.1 Å². The van der Waals surface area contributed by atoms with Crippen molar-refractivity contribution in [2.75, 3.05) is 25.1 Å². The van der Waals surface area contributed by atoms with E-state index in [-0.39, 0.29) is 17.9 Å². The number of hydrogen-bond acceptors (Lipinski definition) is 7. The Morgan fingerprint density at radius 3 is 2.56 bits per heavy atom. The molecule has 4 N–H and O–H groups in total. The number of amides is 1. The number of anilines is 2. The molecule has 1 amide bonds. The second-order valence-electron chi connectivity index (χ2n) is 5.47. The fourth-order valence-electron chi connectivity index (χ4n) is 1.95. The number of nitrogens with one attached hydrogen (secondary N) is 1. The van der Waals surface area contributed by atoms with Gasteiger partial charge >= 0.3 is 12.1 Å². The first-order valence-corrected chi connectivity index (χ1v) is 7.39. The fraction of sp³-hybridized carbons (Fsp3) is 0.250. The summed E-state index contributed by atoms with van der Waals surface area (Å²) < 4.78 is 5.12. The Labute approximate surface area is 144 Å². The molecule has 0 radical (unpaired) electrons. The molecule has 9 heteroatoms. The van der Waals surface area contributed by atoms with Crippen LogP contribution in [0.1, 0.15) is 5.56 Å². The number of rotatable bonds is 6. The summed E-state index contributed by atoms with van der Waals surface area (Å²) in [6, 6.07) is 5.68. The monoisotopic (exact) mass is 345 g/mol. The van der Waals surface area contributed by atoms with Crippen LogP contribution in [-0.4, -0.2) is 52.2 Å². The van der Waals surface area contributed by atoms with Crippen LogP contribution in [0.15, 0.2) is 36.8 Å². The second-order valence-corrected chi connectivity index (χ2v) is 5.47. The highest BCUT2D eigenvalue weighted by atomic mass is 16.6. The van der Waals surface area contributed by atoms with E-state index in [1.54, 1.807) is 38.4 Å². The Kier molecular flexibility index (Phi) is 5.72. The summed E-state index contributed by atoms with van der Waals surface area (Å²) in [5.74, 6) is -0.401. The summed E-state index contributed by atoms with van der Waals surface area (Å²) in [6.45, 7) is 0. The van der Waals surface area contributed by atoms with Crippen LogP contribution >= 0.6 is 0 Å². The lowest BCUT2D eigenvalue weighted by Crippen LogP contribution is -2.32. The van der Waals surface area contributed by atoms with Gasteiger partial charge in [0.25, 0.3) is 0 Å². The molecule has 0 saturated heterocycles. The van der Waals surface area contributed by atoms with Crippen molar-refractivity contribution in [3.8, 4) is 5.75 Å². The summed E-state index contributed by atoms with van der Waals surface area (Å²) in [5.41, 5.74) is 6.73. The maximum absolute atomic E-state index is 11.5. The predicted octanol–water partition coefficient (Wildman–Crippen LogP) is 1.23. The van der Waals surface area contributed by atoms with Gasteiger partial charge in [-0.2, -0.15) is 0 Å². The Morgan fingerprint density at radius 2 is 2.00 bits per heavy atom. The van der Waals surface area contributed by atoms with Crippen molar-refractivity contribution in [2.24, 2.45) is 0 Å². The minimum absolute atomic E-state index is 0.195. The molecule has 0 unspecified atom stereocenters. The first-order chi connectivity index (χ1) is 11.9. The predicted molar refractivity (Wildman–Crippen MR) is 91.3 cm³/mol. The minimum atomic E-state index is -1.04. The van der Waals surface area contributed by atoms with Crippen LogP contribution < -0.4 is 15.8 Å². The van der Waals surface area contributed by atoms with E-state index in [2.05, 4.69) is 15.3 Å². The number of nitrogens with zero attached hydrogens (tertiary/aromatic N) is 3. The smallest absolute Gasteiger partial charge is 0.414 e. The van der Waals surface area contributed by atoms with Crippen molar-refractivity contribution in [1.82, 2.24) is 14.9 Å². The summed E-state index contributed by atoms with van der Waals surface area (Å²) in [6.07, 6.45) is 2.38.